The number of nitrogens with zero attached hydrogens (tertiary/aromatic N) is 2. The summed E-state index contributed by atoms with van der Waals surface area (Å²) in [6.45, 7) is 3.18. The van der Waals surface area contributed by atoms with Crippen molar-refractivity contribution in [3.05, 3.63) is 39.6 Å². The van der Waals surface area contributed by atoms with Gasteiger partial charge in [-0.15, -0.1) is 0 Å². The molecule has 29 heavy (non-hydrogen) atoms. The molecule has 1 aromatic rings. The van der Waals surface area contributed by atoms with Gasteiger partial charge in [0.05, 0.1) is 19.3 Å². The highest BCUT2D eigenvalue weighted by molar-refractivity contribution is 6.31. The minimum Gasteiger partial charge on any atom is -0.434 e. The van der Waals surface area contributed by atoms with Crippen LogP contribution in [0.1, 0.15) is 40.6 Å². The normalized spacial score (nSPS) is 21.2. The maximum absolute atomic E-state index is 13.7. The summed E-state index contributed by atoms with van der Waals surface area (Å²) in [5.74, 6) is -0.718. The van der Waals surface area contributed by atoms with Crippen LogP contribution in [0.3, 0.4) is 0 Å². The Bertz CT molecular complexity index is 932. The van der Waals surface area contributed by atoms with E-state index < -0.39 is 24.6 Å². The molecule has 0 N–H and O–H groups in total. The number of carbonyl (C=O) groups is 2. The van der Waals surface area contributed by atoms with Gasteiger partial charge in [-0.25, -0.2) is 4.79 Å². The van der Waals surface area contributed by atoms with E-state index in [1.807, 2.05) is 0 Å². The van der Waals surface area contributed by atoms with Gasteiger partial charge in [0.25, 0.3) is 5.91 Å². The predicted molar refractivity (Wildman–Crippen MR) is 109 cm³/mol. The number of piperidine rings is 1. The number of likely N-dealkylation sites (N-methyl/N-ethyl adjacent to an activating group) is 1. The Morgan fingerprint density at radius 3 is 2.41 bits per heavy atom. The molecule has 158 valence electrons. The number of rotatable bonds is 4. The lowest BCUT2D eigenvalue weighted by atomic mass is 9.84. The second-order valence-electron chi connectivity index (χ2n) is 7.19. The fourth-order valence-electron chi connectivity index (χ4n) is 4.13. The van der Waals surface area contributed by atoms with Crippen molar-refractivity contribution in [2.45, 2.75) is 39.2 Å². The van der Waals surface area contributed by atoms with Crippen LogP contribution in [0.5, 0.6) is 0 Å². The van der Waals surface area contributed by atoms with Crippen molar-refractivity contribution < 1.29 is 28.0 Å². The van der Waals surface area contributed by atoms with Gasteiger partial charge in [0.15, 0.2) is 5.76 Å². The molecule has 7 nitrogen and oxygen atoms in total. The highest BCUT2D eigenvalue weighted by atomic mass is 35.5. The molecular weight excluding hydrogens is 396 g/mol. The van der Waals surface area contributed by atoms with E-state index in [4.69, 9.17) is 30.0 Å². The molecule has 3 rings (SSSR count). The molecule has 0 radical (unpaired) electrons. The molecule has 0 bridgehead atoms. The lowest BCUT2D eigenvalue weighted by Gasteiger charge is -2.43. The van der Waals surface area contributed by atoms with Crippen molar-refractivity contribution in [2.75, 3.05) is 33.8 Å². The first-order chi connectivity index (χ1) is 15.0. The van der Waals surface area contributed by atoms with Crippen molar-refractivity contribution >= 4 is 29.2 Å². The minimum atomic E-state index is -2.76. The molecule has 1 spiro atoms. The van der Waals surface area contributed by atoms with Gasteiger partial charge in [0.2, 0.25) is 0 Å². The summed E-state index contributed by atoms with van der Waals surface area (Å²) in [5, 5.41) is 2.16. The Morgan fingerprint density at radius 2 is 1.90 bits per heavy atom. The van der Waals surface area contributed by atoms with Crippen LogP contribution in [0.15, 0.2) is 17.9 Å². The molecule has 1 saturated heterocycles. The quantitative estimate of drug-likeness (QED) is 0.685. The second kappa shape index (κ2) is 8.34. The monoisotopic (exact) mass is 425 g/mol. The Hall–Kier alpha value is -2.09. The third-order valence-corrected chi connectivity index (χ3v) is 5.72. The zero-order valence-electron chi connectivity index (χ0n) is 20.0. The third kappa shape index (κ3) is 3.74. The SMILES string of the molecule is [2H]C([2H])([2H])N1C(=O)C(c2c(C)cc(Cl)cc2C)=C(OC(=O)OCC)C12CCN(OC)CC2. The maximum atomic E-state index is 13.7. The topological polar surface area (TPSA) is 68.3 Å². The fraction of sp³-hybridized carbons (Fsp3) is 0.524. The smallest absolute Gasteiger partial charge is 0.434 e. The highest BCUT2D eigenvalue weighted by Gasteiger charge is 2.54. The van der Waals surface area contributed by atoms with Gasteiger partial charge >= 0.3 is 6.16 Å². The van der Waals surface area contributed by atoms with Crippen LogP contribution in [0.25, 0.3) is 5.57 Å². The molecular formula is C21H27ClN2O5. The molecule has 0 aliphatic carbocycles. The first kappa shape index (κ1) is 17.7. The van der Waals surface area contributed by atoms with Crippen molar-refractivity contribution in [3.8, 4) is 0 Å². The van der Waals surface area contributed by atoms with E-state index in [0.717, 1.165) is 4.90 Å². The third-order valence-electron chi connectivity index (χ3n) is 5.50. The van der Waals surface area contributed by atoms with Crippen molar-refractivity contribution in [3.63, 3.8) is 0 Å². The molecule has 0 saturated carbocycles. The zero-order valence-corrected chi connectivity index (χ0v) is 17.8. The molecule has 1 amide bonds. The van der Waals surface area contributed by atoms with Crippen LogP contribution in [-0.2, 0) is 19.1 Å². The largest absolute Gasteiger partial charge is 0.513 e. The maximum Gasteiger partial charge on any atom is 0.513 e. The van der Waals surface area contributed by atoms with Crippen molar-refractivity contribution in [1.82, 2.24) is 9.96 Å². The number of ether oxygens (including phenoxy) is 2. The predicted octanol–water partition coefficient (Wildman–Crippen LogP) is 3.71. The van der Waals surface area contributed by atoms with Gasteiger partial charge in [-0.1, -0.05) is 11.6 Å². The van der Waals surface area contributed by atoms with Crippen LogP contribution in [0.4, 0.5) is 4.79 Å². The summed E-state index contributed by atoms with van der Waals surface area (Å²) < 4.78 is 35.0. The van der Waals surface area contributed by atoms with Gasteiger partial charge in [-0.05, 0) is 62.4 Å². The lowest BCUT2D eigenvalue weighted by Crippen LogP contribution is -2.53. The molecule has 8 heteroatoms. The van der Waals surface area contributed by atoms with Gasteiger partial charge in [0.1, 0.15) is 5.54 Å². The van der Waals surface area contributed by atoms with E-state index >= 15 is 0 Å². The molecule has 2 heterocycles. The van der Waals surface area contributed by atoms with E-state index in [1.165, 1.54) is 7.11 Å². The first-order valence-corrected chi connectivity index (χ1v) is 9.84. The molecule has 0 atom stereocenters. The average Bonchev–Trinajstić information content (AvgIpc) is 2.90. The van der Waals surface area contributed by atoms with Crippen LogP contribution in [0.2, 0.25) is 5.02 Å². The number of benzene rings is 1. The number of hydrogen-bond acceptors (Lipinski definition) is 6. The van der Waals surface area contributed by atoms with E-state index in [2.05, 4.69) is 0 Å². The summed E-state index contributed by atoms with van der Waals surface area (Å²) in [6.07, 6.45) is -0.581. The van der Waals surface area contributed by atoms with Gasteiger partial charge in [0, 0.05) is 29.2 Å². The van der Waals surface area contributed by atoms with Gasteiger partial charge in [-0.2, -0.15) is 5.06 Å². The Kier molecular flexibility index (Phi) is 5.10. The van der Waals surface area contributed by atoms with Gasteiger partial charge in [-0.3, -0.25) is 4.79 Å². The number of carbonyl (C=O) groups excluding carboxylic acids is 2. The minimum absolute atomic E-state index is 0.00125. The van der Waals surface area contributed by atoms with E-state index in [1.54, 1.807) is 38.0 Å². The average molecular weight is 426 g/mol. The van der Waals surface area contributed by atoms with E-state index in [-0.39, 0.29) is 30.8 Å². The van der Waals surface area contributed by atoms with Crippen molar-refractivity contribution in [2.24, 2.45) is 0 Å². The number of hydroxylamine groups is 2. The number of aryl methyl sites for hydroxylation is 2. The molecule has 2 aliphatic rings. The molecule has 0 unspecified atom stereocenters. The van der Waals surface area contributed by atoms with E-state index in [0.29, 0.717) is 34.8 Å². The number of halogens is 1. The summed E-state index contributed by atoms with van der Waals surface area (Å²) in [6, 6.07) is 3.37. The Morgan fingerprint density at radius 1 is 1.28 bits per heavy atom. The summed E-state index contributed by atoms with van der Waals surface area (Å²) in [4.78, 5) is 32.3. The lowest BCUT2D eigenvalue weighted by molar-refractivity contribution is -0.162. The number of amides is 1. The van der Waals surface area contributed by atoms with Crippen molar-refractivity contribution in [1.29, 1.82) is 0 Å². The van der Waals surface area contributed by atoms with Crippen LogP contribution >= 0.6 is 11.6 Å². The molecule has 2 aliphatic heterocycles. The van der Waals surface area contributed by atoms with E-state index in [9.17, 15) is 9.59 Å². The Labute approximate surface area is 180 Å². The first-order valence-electron chi connectivity index (χ1n) is 11.0. The highest BCUT2D eigenvalue weighted by Crippen LogP contribution is 2.47. The van der Waals surface area contributed by atoms with Gasteiger partial charge < -0.3 is 19.2 Å². The molecule has 1 aromatic carbocycles. The fourth-order valence-corrected chi connectivity index (χ4v) is 4.46. The standard InChI is InChI=1S/C21H27ClN2O5/c1-6-28-20(26)29-18-17(16-13(2)11-15(22)12-14(16)3)19(25)23(4)21(18)7-9-24(27-5)10-8-21/h11-12H,6-10H2,1-5H3/i4D3. The zero-order chi connectivity index (χ0) is 23.8. The van der Waals surface area contributed by atoms with Crippen LogP contribution in [-0.4, -0.2) is 61.3 Å². The summed E-state index contributed by atoms with van der Waals surface area (Å²) in [5.41, 5.74) is 0.531. The molecule has 0 aromatic heterocycles. The summed E-state index contributed by atoms with van der Waals surface area (Å²) >= 11 is 6.18. The van der Waals surface area contributed by atoms with Crippen LogP contribution < -0.4 is 0 Å². The molecule has 1 fully saturated rings. The second-order valence-corrected chi connectivity index (χ2v) is 7.62. The Balaban J connectivity index is 2.28. The van der Waals surface area contributed by atoms with Crippen LogP contribution in [0, 0.1) is 13.8 Å². The number of hydrogen-bond donors (Lipinski definition) is 0. The summed E-state index contributed by atoms with van der Waals surface area (Å²) in [7, 11) is 1.52.